The molecular weight excluding hydrogens is 266 g/mol. The molecule has 0 fully saturated rings. The zero-order valence-corrected chi connectivity index (χ0v) is 8.49. The standard InChI is InChI=1S/C9H6F6N2O/c10-8(11,12)5-1-3-6(4-2-5)16-7(18)17-9(13,14)15/h1-4H,(H2,16,17,18). The van der Waals surface area contributed by atoms with Crippen LogP contribution in [-0.2, 0) is 6.18 Å². The molecule has 0 saturated heterocycles. The molecule has 0 aromatic heterocycles. The van der Waals surface area contributed by atoms with E-state index in [0.29, 0.717) is 17.4 Å². The Bertz CT molecular complexity index is 422. The van der Waals surface area contributed by atoms with Crippen LogP contribution in [0.1, 0.15) is 5.56 Å². The van der Waals surface area contributed by atoms with Gasteiger partial charge in [-0.15, -0.1) is 0 Å². The maximum absolute atomic E-state index is 12.2. The summed E-state index contributed by atoms with van der Waals surface area (Å²) < 4.78 is 71.6. The molecule has 0 spiro atoms. The molecule has 0 aliphatic rings. The average Bonchev–Trinajstić information content (AvgIpc) is 2.13. The maximum Gasteiger partial charge on any atom is 0.485 e. The summed E-state index contributed by atoms with van der Waals surface area (Å²) in [6, 6.07) is 1.39. The molecule has 2 N–H and O–H groups in total. The Hall–Kier alpha value is -1.93. The Morgan fingerprint density at radius 3 is 1.83 bits per heavy atom. The van der Waals surface area contributed by atoms with Crippen LogP contribution in [0.2, 0.25) is 0 Å². The van der Waals surface area contributed by atoms with Gasteiger partial charge in [-0.3, -0.25) is 0 Å². The van der Waals surface area contributed by atoms with Crippen LogP contribution in [0.5, 0.6) is 0 Å². The average molecular weight is 272 g/mol. The first-order valence-corrected chi connectivity index (χ1v) is 4.41. The van der Waals surface area contributed by atoms with Crippen LogP contribution >= 0.6 is 0 Å². The molecule has 0 saturated carbocycles. The molecular formula is C9H6F6N2O. The molecule has 100 valence electrons. The minimum absolute atomic E-state index is 0.190. The number of alkyl halides is 6. The van der Waals surface area contributed by atoms with Crippen molar-refractivity contribution in [2.24, 2.45) is 0 Å². The van der Waals surface area contributed by atoms with Crippen LogP contribution in [0.4, 0.5) is 36.8 Å². The molecule has 1 rings (SSSR count). The minimum Gasteiger partial charge on any atom is -0.308 e. The summed E-state index contributed by atoms with van der Waals surface area (Å²) >= 11 is 0. The number of amides is 2. The maximum atomic E-state index is 12.2. The number of carbonyl (C=O) groups excluding carboxylic acids is 1. The van der Waals surface area contributed by atoms with Crippen molar-refractivity contribution in [3.63, 3.8) is 0 Å². The van der Waals surface area contributed by atoms with E-state index >= 15 is 0 Å². The predicted octanol–water partition coefficient (Wildman–Crippen LogP) is 3.35. The van der Waals surface area contributed by atoms with E-state index in [0.717, 1.165) is 12.1 Å². The van der Waals surface area contributed by atoms with Crippen LogP contribution in [0.15, 0.2) is 24.3 Å². The van der Waals surface area contributed by atoms with Crippen molar-refractivity contribution in [2.45, 2.75) is 12.5 Å². The second-order valence-electron chi connectivity index (χ2n) is 3.15. The molecule has 0 bridgehead atoms. The predicted molar refractivity (Wildman–Crippen MR) is 49.7 cm³/mol. The molecule has 9 heteroatoms. The zero-order valence-electron chi connectivity index (χ0n) is 8.49. The van der Waals surface area contributed by atoms with E-state index in [9.17, 15) is 31.1 Å². The number of hydrogen-bond acceptors (Lipinski definition) is 1. The lowest BCUT2D eigenvalue weighted by Crippen LogP contribution is -2.40. The largest absolute Gasteiger partial charge is 0.485 e. The fourth-order valence-electron chi connectivity index (χ4n) is 1.03. The van der Waals surface area contributed by atoms with Gasteiger partial charge < -0.3 is 5.32 Å². The van der Waals surface area contributed by atoms with Crippen LogP contribution < -0.4 is 10.6 Å². The number of anilines is 1. The second kappa shape index (κ2) is 4.75. The highest BCUT2D eigenvalue weighted by atomic mass is 19.4. The van der Waals surface area contributed by atoms with Crippen LogP contribution in [0.25, 0.3) is 0 Å². The molecule has 3 nitrogen and oxygen atoms in total. The highest BCUT2D eigenvalue weighted by molar-refractivity contribution is 5.89. The first-order valence-electron chi connectivity index (χ1n) is 4.41. The van der Waals surface area contributed by atoms with Crippen LogP contribution in [0.3, 0.4) is 0 Å². The molecule has 1 aromatic rings. The lowest BCUT2D eigenvalue weighted by atomic mass is 10.2. The lowest BCUT2D eigenvalue weighted by molar-refractivity contribution is -0.144. The molecule has 2 amide bonds. The Balaban J connectivity index is 2.67. The summed E-state index contributed by atoms with van der Waals surface area (Å²) in [5.74, 6) is 0. The number of benzene rings is 1. The fourth-order valence-corrected chi connectivity index (χ4v) is 1.03. The van der Waals surface area contributed by atoms with E-state index in [1.165, 1.54) is 0 Å². The van der Waals surface area contributed by atoms with Gasteiger partial charge >= 0.3 is 18.5 Å². The van der Waals surface area contributed by atoms with Gasteiger partial charge in [0.05, 0.1) is 5.56 Å². The summed E-state index contributed by atoms with van der Waals surface area (Å²) in [7, 11) is 0. The molecule has 0 heterocycles. The lowest BCUT2D eigenvalue weighted by Gasteiger charge is -2.11. The first kappa shape index (κ1) is 14.1. The summed E-state index contributed by atoms with van der Waals surface area (Å²) in [6.07, 6.45) is -9.46. The number of hydrogen-bond donors (Lipinski definition) is 2. The Morgan fingerprint density at radius 1 is 0.944 bits per heavy atom. The zero-order chi connectivity index (χ0) is 14.0. The summed E-state index contributed by atoms with van der Waals surface area (Å²) in [5.41, 5.74) is -1.16. The Labute approximate surface area is 96.8 Å². The summed E-state index contributed by atoms with van der Waals surface area (Å²) in [4.78, 5) is 10.7. The molecule has 18 heavy (non-hydrogen) atoms. The number of nitrogens with one attached hydrogen (secondary N) is 2. The third-order valence-corrected chi connectivity index (χ3v) is 1.73. The van der Waals surface area contributed by atoms with Gasteiger partial charge in [0.25, 0.3) is 0 Å². The van der Waals surface area contributed by atoms with Crippen molar-refractivity contribution in [3.8, 4) is 0 Å². The smallest absolute Gasteiger partial charge is 0.308 e. The topological polar surface area (TPSA) is 41.1 Å². The van der Waals surface area contributed by atoms with Crippen molar-refractivity contribution in [3.05, 3.63) is 29.8 Å². The SMILES string of the molecule is O=C(Nc1ccc(C(F)(F)F)cc1)NC(F)(F)F. The fraction of sp³-hybridized carbons (Fsp3) is 0.222. The van der Waals surface area contributed by atoms with Crippen LogP contribution in [0, 0.1) is 0 Å². The quantitative estimate of drug-likeness (QED) is 0.597. The van der Waals surface area contributed by atoms with Gasteiger partial charge in [0.1, 0.15) is 0 Å². The molecule has 0 aliphatic carbocycles. The highest BCUT2D eigenvalue weighted by Gasteiger charge is 2.31. The van der Waals surface area contributed by atoms with E-state index in [1.54, 1.807) is 5.32 Å². The van der Waals surface area contributed by atoms with E-state index in [-0.39, 0.29) is 5.69 Å². The normalized spacial score (nSPS) is 12.1. The molecule has 0 aliphatic heterocycles. The van der Waals surface area contributed by atoms with Gasteiger partial charge in [0.15, 0.2) is 0 Å². The first-order chi connectivity index (χ1) is 8.08. The van der Waals surface area contributed by atoms with Gasteiger partial charge in [-0.05, 0) is 24.3 Å². The number of urea groups is 1. The highest BCUT2D eigenvalue weighted by Crippen LogP contribution is 2.29. The molecule has 0 radical (unpaired) electrons. The van der Waals surface area contributed by atoms with E-state index < -0.39 is 24.1 Å². The third kappa shape index (κ3) is 4.52. The Kier molecular flexibility index (Phi) is 3.73. The van der Waals surface area contributed by atoms with Gasteiger partial charge in [-0.1, -0.05) is 0 Å². The number of halogens is 6. The van der Waals surface area contributed by atoms with Gasteiger partial charge in [0.2, 0.25) is 0 Å². The Morgan fingerprint density at radius 2 is 1.44 bits per heavy atom. The second-order valence-corrected chi connectivity index (χ2v) is 3.15. The van der Waals surface area contributed by atoms with E-state index in [1.807, 2.05) is 0 Å². The van der Waals surface area contributed by atoms with Crippen LogP contribution in [-0.4, -0.2) is 12.3 Å². The molecule has 1 aromatic carbocycles. The minimum atomic E-state index is -4.91. The van der Waals surface area contributed by atoms with Crippen molar-refractivity contribution in [1.29, 1.82) is 0 Å². The molecule has 0 unspecified atom stereocenters. The van der Waals surface area contributed by atoms with E-state index in [4.69, 9.17) is 0 Å². The number of carbonyl (C=O) groups is 1. The van der Waals surface area contributed by atoms with Crippen molar-refractivity contribution in [1.82, 2.24) is 5.32 Å². The van der Waals surface area contributed by atoms with Crippen molar-refractivity contribution < 1.29 is 31.1 Å². The third-order valence-electron chi connectivity index (χ3n) is 1.73. The van der Waals surface area contributed by atoms with Crippen molar-refractivity contribution in [2.75, 3.05) is 5.32 Å². The van der Waals surface area contributed by atoms with E-state index in [2.05, 4.69) is 0 Å². The van der Waals surface area contributed by atoms with Crippen molar-refractivity contribution >= 4 is 11.7 Å². The number of rotatable bonds is 1. The van der Waals surface area contributed by atoms with Gasteiger partial charge in [-0.2, -0.15) is 26.3 Å². The van der Waals surface area contributed by atoms with Gasteiger partial charge in [-0.25, -0.2) is 10.1 Å². The summed E-state index contributed by atoms with van der Waals surface area (Å²) in [5, 5.41) is 2.38. The molecule has 0 atom stereocenters. The van der Waals surface area contributed by atoms with Gasteiger partial charge in [0, 0.05) is 5.69 Å². The summed E-state index contributed by atoms with van der Waals surface area (Å²) in [6.45, 7) is 0. The monoisotopic (exact) mass is 272 g/mol.